The Kier molecular flexibility index (Phi) is 2.71. The molecule has 132 valence electrons. The van der Waals surface area contributed by atoms with E-state index >= 15 is 0 Å². The average molecular weight is 344 g/mol. The Balaban J connectivity index is 2.24. The van der Waals surface area contributed by atoms with Crippen LogP contribution in [-0.4, -0.2) is 9.38 Å². The SMILES string of the molecule is Cc1cnc2c3cccc4c3n3c(c[n+](C)c3c2c1C)C(C)(C)C4(C)C. The van der Waals surface area contributed by atoms with E-state index in [1.807, 2.05) is 6.20 Å². The molecule has 0 amide bonds. The van der Waals surface area contributed by atoms with E-state index in [4.69, 9.17) is 4.98 Å². The van der Waals surface area contributed by atoms with Crippen LogP contribution >= 0.6 is 0 Å². The molecule has 1 aliphatic heterocycles. The van der Waals surface area contributed by atoms with Crippen LogP contribution in [0, 0.1) is 13.8 Å². The van der Waals surface area contributed by atoms with Crippen LogP contribution in [0.15, 0.2) is 30.6 Å². The molecule has 5 rings (SSSR count). The van der Waals surface area contributed by atoms with E-state index in [-0.39, 0.29) is 10.8 Å². The van der Waals surface area contributed by atoms with E-state index in [1.54, 1.807) is 0 Å². The fraction of sp³-hybridized carbons (Fsp3) is 0.391. The van der Waals surface area contributed by atoms with Crippen LogP contribution in [0.5, 0.6) is 0 Å². The number of hydrogen-bond acceptors (Lipinski definition) is 1. The van der Waals surface area contributed by atoms with Gasteiger partial charge >= 0.3 is 0 Å². The van der Waals surface area contributed by atoms with E-state index in [0.29, 0.717) is 0 Å². The highest BCUT2D eigenvalue weighted by molar-refractivity contribution is 6.11. The molecule has 0 fully saturated rings. The first kappa shape index (κ1) is 15.8. The zero-order valence-electron chi connectivity index (χ0n) is 16.7. The highest BCUT2D eigenvalue weighted by Gasteiger charge is 2.50. The molecule has 0 atom stereocenters. The maximum atomic E-state index is 4.89. The van der Waals surface area contributed by atoms with Gasteiger partial charge in [-0.05, 0) is 31.0 Å². The summed E-state index contributed by atoms with van der Waals surface area (Å²) in [5.74, 6) is 0. The van der Waals surface area contributed by atoms with E-state index in [9.17, 15) is 0 Å². The Morgan fingerprint density at radius 2 is 1.77 bits per heavy atom. The Morgan fingerprint density at radius 1 is 1.04 bits per heavy atom. The van der Waals surface area contributed by atoms with Crippen LogP contribution in [0.3, 0.4) is 0 Å². The number of aryl methyl sites for hydroxylation is 3. The van der Waals surface area contributed by atoms with E-state index in [1.165, 1.54) is 44.3 Å². The van der Waals surface area contributed by atoms with Crippen LogP contribution in [-0.2, 0) is 17.9 Å². The first-order chi connectivity index (χ1) is 12.2. The molecule has 0 N–H and O–H groups in total. The van der Waals surface area contributed by atoms with Crippen molar-refractivity contribution in [3.63, 3.8) is 0 Å². The molecule has 4 aromatic rings. The van der Waals surface area contributed by atoms with Crippen molar-refractivity contribution < 1.29 is 4.57 Å². The third kappa shape index (κ3) is 1.52. The number of rotatable bonds is 0. The molecular weight excluding hydrogens is 318 g/mol. The molecule has 0 spiro atoms. The Hall–Kier alpha value is -2.42. The van der Waals surface area contributed by atoms with Crippen molar-refractivity contribution in [1.82, 2.24) is 9.38 Å². The molecule has 4 heterocycles. The molecule has 1 aromatic carbocycles. The lowest BCUT2D eigenvalue weighted by atomic mass is 9.61. The van der Waals surface area contributed by atoms with Gasteiger partial charge in [0.1, 0.15) is 11.7 Å². The lowest BCUT2D eigenvalue weighted by Crippen LogP contribution is -2.44. The molecule has 1 aliphatic rings. The van der Waals surface area contributed by atoms with Crippen molar-refractivity contribution in [2.45, 2.75) is 52.4 Å². The Morgan fingerprint density at radius 3 is 2.50 bits per heavy atom. The minimum absolute atomic E-state index is 0.0251. The second kappa shape index (κ2) is 4.46. The molecule has 3 heteroatoms. The third-order valence-electron chi connectivity index (χ3n) is 7.31. The fourth-order valence-corrected chi connectivity index (χ4v) is 4.84. The summed E-state index contributed by atoms with van der Waals surface area (Å²) in [5, 5.41) is 2.54. The van der Waals surface area contributed by atoms with Crippen LogP contribution in [0.1, 0.15) is 50.1 Å². The first-order valence-electron chi connectivity index (χ1n) is 9.40. The van der Waals surface area contributed by atoms with Crippen molar-refractivity contribution in [3.8, 4) is 0 Å². The normalized spacial score (nSPS) is 17.7. The number of para-hydroxylation sites is 1. The Bertz CT molecular complexity index is 1260. The molecule has 0 aliphatic carbocycles. The van der Waals surface area contributed by atoms with E-state index in [0.717, 1.165) is 5.52 Å². The lowest BCUT2D eigenvalue weighted by Gasteiger charge is -2.42. The summed E-state index contributed by atoms with van der Waals surface area (Å²) < 4.78 is 4.80. The standard InChI is InChI=1S/C23H26N3/c1-13-11-24-19-15-9-8-10-16-20(15)26-17(23(5,6)22(16,3)4)12-25(7)21(26)18(19)14(13)2/h8-12H,1-7H3/q+1. The number of benzene rings is 1. The van der Waals surface area contributed by atoms with Crippen LogP contribution < -0.4 is 4.57 Å². The highest BCUT2D eigenvalue weighted by atomic mass is 15.1. The zero-order chi connectivity index (χ0) is 18.6. The van der Waals surface area contributed by atoms with Crippen molar-refractivity contribution in [2.24, 2.45) is 7.05 Å². The second-order valence-electron chi connectivity index (χ2n) is 9.03. The van der Waals surface area contributed by atoms with Crippen molar-refractivity contribution >= 4 is 27.5 Å². The van der Waals surface area contributed by atoms with Gasteiger partial charge in [0.2, 0.25) is 0 Å². The summed E-state index contributed by atoms with van der Waals surface area (Å²) in [5.41, 5.74) is 9.12. The minimum Gasteiger partial charge on any atom is -0.255 e. The largest absolute Gasteiger partial charge is 0.296 e. The van der Waals surface area contributed by atoms with Gasteiger partial charge in [-0.25, -0.2) is 4.57 Å². The number of aromatic nitrogens is 3. The van der Waals surface area contributed by atoms with Gasteiger partial charge in [-0.3, -0.25) is 4.98 Å². The average Bonchev–Trinajstić information content (AvgIpc) is 2.94. The molecule has 3 nitrogen and oxygen atoms in total. The summed E-state index contributed by atoms with van der Waals surface area (Å²) >= 11 is 0. The number of nitrogens with zero attached hydrogens (tertiary/aromatic N) is 3. The number of imidazole rings is 1. The van der Waals surface area contributed by atoms with Crippen LogP contribution in [0.2, 0.25) is 0 Å². The molecular formula is C23H26N3+. The maximum absolute atomic E-state index is 4.89. The van der Waals surface area contributed by atoms with Gasteiger partial charge in [0.15, 0.2) is 5.69 Å². The molecule has 0 unspecified atom stereocenters. The smallest absolute Gasteiger partial charge is 0.255 e. The van der Waals surface area contributed by atoms with Gasteiger partial charge < -0.3 is 0 Å². The van der Waals surface area contributed by atoms with Gasteiger partial charge in [-0.1, -0.05) is 39.8 Å². The van der Waals surface area contributed by atoms with E-state index < -0.39 is 0 Å². The van der Waals surface area contributed by atoms with Crippen LogP contribution in [0.4, 0.5) is 0 Å². The van der Waals surface area contributed by atoms with Gasteiger partial charge in [-0.2, -0.15) is 4.40 Å². The number of pyridine rings is 2. The quantitative estimate of drug-likeness (QED) is 0.336. The monoisotopic (exact) mass is 344 g/mol. The van der Waals surface area contributed by atoms with Crippen molar-refractivity contribution in [1.29, 1.82) is 0 Å². The summed E-state index contributed by atoms with van der Waals surface area (Å²) in [4.78, 5) is 4.89. The molecule has 0 saturated carbocycles. The first-order valence-corrected chi connectivity index (χ1v) is 9.40. The summed E-state index contributed by atoms with van der Waals surface area (Å²) in [6, 6.07) is 6.74. The van der Waals surface area contributed by atoms with Gasteiger partial charge in [0.05, 0.1) is 18.0 Å². The van der Waals surface area contributed by atoms with Gasteiger partial charge in [0, 0.05) is 28.0 Å². The third-order valence-corrected chi connectivity index (χ3v) is 7.31. The maximum Gasteiger partial charge on any atom is 0.296 e. The summed E-state index contributed by atoms with van der Waals surface area (Å²) in [6.07, 6.45) is 4.35. The predicted octanol–water partition coefficient (Wildman–Crippen LogP) is 4.65. The van der Waals surface area contributed by atoms with Crippen LogP contribution in [0.25, 0.3) is 27.5 Å². The van der Waals surface area contributed by atoms with E-state index in [2.05, 4.69) is 82.0 Å². The molecule has 26 heavy (non-hydrogen) atoms. The van der Waals surface area contributed by atoms with Crippen molar-refractivity contribution in [3.05, 3.63) is 53.0 Å². The topological polar surface area (TPSA) is 21.2 Å². The fourth-order valence-electron chi connectivity index (χ4n) is 4.84. The number of fused-ring (bicyclic) bond motifs is 3. The second-order valence-corrected chi connectivity index (χ2v) is 9.03. The lowest BCUT2D eigenvalue weighted by molar-refractivity contribution is -0.643. The highest BCUT2D eigenvalue weighted by Crippen LogP contribution is 2.50. The predicted molar refractivity (Wildman–Crippen MR) is 107 cm³/mol. The summed E-state index contributed by atoms with van der Waals surface area (Å²) in [7, 11) is 2.17. The molecule has 0 saturated heterocycles. The van der Waals surface area contributed by atoms with Gasteiger partial charge in [-0.15, -0.1) is 0 Å². The Labute approximate surface area is 154 Å². The molecule has 3 aromatic heterocycles. The van der Waals surface area contributed by atoms with Gasteiger partial charge in [0.25, 0.3) is 5.65 Å². The van der Waals surface area contributed by atoms with Crippen molar-refractivity contribution in [2.75, 3.05) is 0 Å². The summed E-state index contributed by atoms with van der Waals surface area (Å²) in [6.45, 7) is 13.9. The number of hydrogen-bond donors (Lipinski definition) is 0. The zero-order valence-corrected chi connectivity index (χ0v) is 16.7. The molecule has 0 radical (unpaired) electrons. The molecule has 0 bridgehead atoms. The minimum atomic E-state index is 0.0251.